The van der Waals surface area contributed by atoms with Crippen LogP contribution in [0.3, 0.4) is 0 Å². The molecule has 1 atom stereocenters. The number of nitrogens with zero attached hydrogens (tertiary/aromatic N) is 4. The number of rotatable bonds is 4. The SMILES string of the molecule is CCn1ncnc1CN1CCC(NC)c2ccccc21. The second kappa shape index (κ2) is 5.63. The van der Waals surface area contributed by atoms with Gasteiger partial charge in [0.1, 0.15) is 12.2 Å². The summed E-state index contributed by atoms with van der Waals surface area (Å²) in [5.74, 6) is 1.03. The number of anilines is 1. The van der Waals surface area contributed by atoms with Crippen LogP contribution in [-0.4, -0.2) is 28.4 Å². The Morgan fingerprint density at radius 3 is 3.00 bits per heavy atom. The van der Waals surface area contributed by atoms with Crippen molar-refractivity contribution >= 4 is 5.69 Å². The molecule has 1 unspecified atom stereocenters. The van der Waals surface area contributed by atoms with Crippen molar-refractivity contribution in [2.75, 3.05) is 18.5 Å². The molecule has 5 nitrogen and oxygen atoms in total. The van der Waals surface area contributed by atoms with Crippen LogP contribution in [0.4, 0.5) is 5.69 Å². The van der Waals surface area contributed by atoms with Gasteiger partial charge in [0.25, 0.3) is 0 Å². The van der Waals surface area contributed by atoms with Crippen LogP contribution in [0, 0.1) is 0 Å². The van der Waals surface area contributed by atoms with Crippen LogP contribution in [0.15, 0.2) is 30.6 Å². The Morgan fingerprint density at radius 2 is 2.20 bits per heavy atom. The molecule has 0 amide bonds. The first-order valence-electron chi connectivity index (χ1n) is 7.21. The zero-order chi connectivity index (χ0) is 13.9. The molecule has 1 aromatic carbocycles. The fraction of sp³-hybridized carbons (Fsp3) is 0.467. The average Bonchev–Trinajstić information content (AvgIpc) is 2.95. The van der Waals surface area contributed by atoms with Crippen LogP contribution in [0.25, 0.3) is 0 Å². The molecule has 5 heteroatoms. The van der Waals surface area contributed by atoms with E-state index in [-0.39, 0.29) is 0 Å². The van der Waals surface area contributed by atoms with Gasteiger partial charge in [0.05, 0.1) is 6.54 Å². The summed E-state index contributed by atoms with van der Waals surface area (Å²) in [7, 11) is 2.03. The highest BCUT2D eigenvalue weighted by Gasteiger charge is 2.24. The van der Waals surface area contributed by atoms with Crippen molar-refractivity contribution in [3.8, 4) is 0 Å². The van der Waals surface area contributed by atoms with Gasteiger partial charge in [-0.25, -0.2) is 9.67 Å². The maximum atomic E-state index is 4.39. The summed E-state index contributed by atoms with van der Waals surface area (Å²) < 4.78 is 1.97. The van der Waals surface area contributed by atoms with E-state index in [4.69, 9.17) is 0 Å². The van der Waals surface area contributed by atoms with Gasteiger partial charge in [-0.3, -0.25) is 0 Å². The predicted molar refractivity (Wildman–Crippen MR) is 79.6 cm³/mol. The number of hydrogen-bond acceptors (Lipinski definition) is 4. The molecule has 1 N–H and O–H groups in total. The first-order valence-corrected chi connectivity index (χ1v) is 7.21. The molecule has 0 spiro atoms. The van der Waals surface area contributed by atoms with Crippen molar-refractivity contribution in [2.24, 2.45) is 0 Å². The average molecular weight is 271 g/mol. The molecule has 0 saturated heterocycles. The topological polar surface area (TPSA) is 46.0 Å². The monoisotopic (exact) mass is 271 g/mol. The zero-order valence-corrected chi connectivity index (χ0v) is 12.1. The largest absolute Gasteiger partial charge is 0.364 e. The molecule has 1 aromatic heterocycles. The van der Waals surface area contributed by atoms with Crippen LogP contribution in [0.5, 0.6) is 0 Å². The van der Waals surface area contributed by atoms with Gasteiger partial charge in [0.2, 0.25) is 0 Å². The summed E-state index contributed by atoms with van der Waals surface area (Å²) in [6, 6.07) is 9.08. The fourth-order valence-electron chi connectivity index (χ4n) is 2.94. The third-order valence-electron chi connectivity index (χ3n) is 4.02. The van der Waals surface area contributed by atoms with E-state index in [1.165, 1.54) is 11.3 Å². The molecular formula is C15H21N5. The molecule has 0 fully saturated rings. The molecule has 20 heavy (non-hydrogen) atoms. The lowest BCUT2D eigenvalue weighted by atomic mass is 9.96. The van der Waals surface area contributed by atoms with Gasteiger partial charge in [-0.1, -0.05) is 18.2 Å². The first kappa shape index (κ1) is 13.1. The minimum Gasteiger partial charge on any atom is -0.364 e. The summed E-state index contributed by atoms with van der Waals surface area (Å²) in [5.41, 5.74) is 2.69. The fourth-order valence-corrected chi connectivity index (χ4v) is 2.94. The van der Waals surface area contributed by atoms with E-state index < -0.39 is 0 Å². The van der Waals surface area contributed by atoms with Crippen molar-refractivity contribution < 1.29 is 0 Å². The minimum atomic E-state index is 0.450. The standard InChI is InChI=1S/C15H21N5/c1-3-20-15(17-11-18-20)10-19-9-8-13(16-2)12-6-4-5-7-14(12)19/h4-7,11,13,16H,3,8-10H2,1-2H3. The van der Waals surface area contributed by atoms with Crippen molar-refractivity contribution in [2.45, 2.75) is 32.5 Å². The van der Waals surface area contributed by atoms with Gasteiger partial charge in [-0.05, 0) is 32.0 Å². The van der Waals surface area contributed by atoms with Gasteiger partial charge >= 0.3 is 0 Å². The molecule has 0 saturated carbocycles. The van der Waals surface area contributed by atoms with Crippen LogP contribution in [0.1, 0.15) is 30.8 Å². The van der Waals surface area contributed by atoms with Crippen molar-refractivity contribution in [1.29, 1.82) is 0 Å². The van der Waals surface area contributed by atoms with E-state index in [2.05, 4.69) is 51.5 Å². The normalized spacial score (nSPS) is 18.1. The van der Waals surface area contributed by atoms with E-state index in [9.17, 15) is 0 Å². The van der Waals surface area contributed by atoms with E-state index in [1.54, 1.807) is 6.33 Å². The number of benzene rings is 1. The smallest absolute Gasteiger partial charge is 0.146 e. The molecule has 2 aromatic rings. The lowest BCUT2D eigenvalue weighted by molar-refractivity contribution is 0.506. The van der Waals surface area contributed by atoms with E-state index >= 15 is 0 Å². The molecule has 2 heterocycles. The molecule has 0 radical (unpaired) electrons. The Kier molecular flexibility index (Phi) is 3.69. The number of nitrogens with one attached hydrogen (secondary N) is 1. The Labute approximate surface area is 119 Å². The number of hydrogen-bond donors (Lipinski definition) is 1. The summed E-state index contributed by atoms with van der Waals surface area (Å²) >= 11 is 0. The number of aromatic nitrogens is 3. The van der Waals surface area contributed by atoms with E-state index in [1.807, 2.05) is 11.7 Å². The van der Waals surface area contributed by atoms with Gasteiger partial charge in [0.15, 0.2) is 0 Å². The Balaban J connectivity index is 1.88. The Bertz CT molecular complexity index is 577. The maximum Gasteiger partial charge on any atom is 0.146 e. The molecule has 0 aliphatic carbocycles. The van der Waals surface area contributed by atoms with Crippen LogP contribution in [-0.2, 0) is 13.1 Å². The quantitative estimate of drug-likeness (QED) is 0.923. The number of para-hydroxylation sites is 1. The predicted octanol–water partition coefficient (Wildman–Crippen LogP) is 1.97. The molecule has 1 aliphatic rings. The molecule has 3 rings (SSSR count). The zero-order valence-electron chi connectivity index (χ0n) is 12.1. The van der Waals surface area contributed by atoms with Crippen LogP contribution < -0.4 is 10.2 Å². The Morgan fingerprint density at radius 1 is 1.35 bits per heavy atom. The van der Waals surface area contributed by atoms with Crippen molar-refractivity contribution in [3.05, 3.63) is 42.0 Å². The molecule has 1 aliphatic heterocycles. The lowest BCUT2D eigenvalue weighted by Gasteiger charge is -2.35. The third-order valence-corrected chi connectivity index (χ3v) is 4.02. The highest BCUT2D eigenvalue weighted by Crippen LogP contribution is 2.33. The molecule has 106 valence electrons. The summed E-state index contributed by atoms with van der Waals surface area (Å²) in [4.78, 5) is 6.79. The highest BCUT2D eigenvalue weighted by atomic mass is 15.3. The number of aryl methyl sites for hydroxylation is 1. The first-order chi connectivity index (χ1) is 9.83. The van der Waals surface area contributed by atoms with Crippen molar-refractivity contribution in [3.63, 3.8) is 0 Å². The van der Waals surface area contributed by atoms with E-state index in [0.717, 1.165) is 31.9 Å². The lowest BCUT2D eigenvalue weighted by Crippen LogP contribution is -2.35. The van der Waals surface area contributed by atoms with Gasteiger partial charge in [0, 0.05) is 24.8 Å². The van der Waals surface area contributed by atoms with Crippen LogP contribution >= 0.6 is 0 Å². The molecule has 0 bridgehead atoms. The second-order valence-electron chi connectivity index (χ2n) is 5.10. The molecular weight excluding hydrogens is 250 g/mol. The number of fused-ring (bicyclic) bond motifs is 1. The summed E-state index contributed by atoms with van der Waals surface area (Å²) in [6.45, 7) is 4.82. The van der Waals surface area contributed by atoms with Crippen LogP contribution in [0.2, 0.25) is 0 Å². The second-order valence-corrected chi connectivity index (χ2v) is 5.10. The highest BCUT2D eigenvalue weighted by molar-refractivity contribution is 5.56. The van der Waals surface area contributed by atoms with Gasteiger partial charge < -0.3 is 10.2 Å². The maximum absolute atomic E-state index is 4.39. The van der Waals surface area contributed by atoms with E-state index in [0.29, 0.717) is 6.04 Å². The summed E-state index contributed by atoms with van der Waals surface area (Å²) in [6.07, 6.45) is 2.76. The van der Waals surface area contributed by atoms with Gasteiger partial charge in [-0.2, -0.15) is 5.10 Å². The van der Waals surface area contributed by atoms with Crippen molar-refractivity contribution in [1.82, 2.24) is 20.1 Å². The Hall–Kier alpha value is -1.88. The minimum absolute atomic E-state index is 0.450. The third kappa shape index (κ3) is 2.29. The van der Waals surface area contributed by atoms with Gasteiger partial charge in [-0.15, -0.1) is 0 Å². The summed E-state index contributed by atoms with van der Waals surface area (Å²) in [5, 5.41) is 7.66.